The van der Waals surface area contributed by atoms with Crippen LogP contribution < -0.4 is 10.1 Å². The highest BCUT2D eigenvalue weighted by atomic mass is 79.9. The zero-order valence-corrected chi connectivity index (χ0v) is 26.4. The second kappa shape index (κ2) is 14.2. The van der Waals surface area contributed by atoms with Crippen LogP contribution in [0.4, 0.5) is 0 Å². The maximum absolute atomic E-state index is 14.0. The van der Waals surface area contributed by atoms with E-state index in [1.165, 1.54) is 12.0 Å². The summed E-state index contributed by atoms with van der Waals surface area (Å²) >= 11 is 3.63. The Morgan fingerprint density at radius 3 is 2.32 bits per heavy atom. The molecule has 0 spiro atoms. The number of carbonyl (C=O) groups is 2. The number of amides is 2. The van der Waals surface area contributed by atoms with E-state index in [0.717, 1.165) is 46.8 Å². The van der Waals surface area contributed by atoms with Gasteiger partial charge in [0.2, 0.25) is 5.91 Å². The lowest BCUT2D eigenvalue weighted by molar-refractivity contribution is -0.143. The third kappa shape index (κ3) is 8.68. The molecular formula is C35H43BrN2O3. The average Bonchev–Trinajstić information content (AvgIpc) is 2.95. The first-order valence-electron chi connectivity index (χ1n) is 14.7. The predicted octanol–water partition coefficient (Wildman–Crippen LogP) is 7.52. The molecule has 0 radical (unpaired) electrons. The minimum atomic E-state index is -0.665. The number of hydrogen-bond acceptors (Lipinski definition) is 3. The van der Waals surface area contributed by atoms with Gasteiger partial charge in [-0.15, -0.1) is 0 Å². The third-order valence-electron chi connectivity index (χ3n) is 7.97. The molecule has 4 rings (SSSR count). The molecule has 2 amide bonds. The molecule has 41 heavy (non-hydrogen) atoms. The number of hydrogen-bond donors (Lipinski definition) is 1. The molecule has 1 aliphatic rings. The first-order chi connectivity index (χ1) is 19.6. The van der Waals surface area contributed by atoms with Gasteiger partial charge < -0.3 is 15.0 Å². The monoisotopic (exact) mass is 618 g/mol. The second-order valence-electron chi connectivity index (χ2n) is 12.2. The lowest BCUT2D eigenvalue weighted by atomic mass is 9.87. The second-order valence-corrected chi connectivity index (χ2v) is 13.0. The van der Waals surface area contributed by atoms with Gasteiger partial charge in [-0.05, 0) is 75.5 Å². The van der Waals surface area contributed by atoms with Gasteiger partial charge in [0.05, 0.1) is 4.47 Å². The van der Waals surface area contributed by atoms with Crippen molar-refractivity contribution in [3.05, 3.63) is 99.5 Å². The molecule has 1 saturated carbocycles. The summed E-state index contributed by atoms with van der Waals surface area (Å²) in [5.41, 5.74) is 4.28. The largest absolute Gasteiger partial charge is 0.483 e. The number of nitrogens with zero attached hydrogens (tertiary/aromatic N) is 1. The van der Waals surface area contributed by atoms with Gasteiger partial charge in [-0.25, -0.2) is 0 Å². The Labute approximate surface area is 253 Å². The highest BCUT2D eigenvalue weighted by Crippen LogP contribution is 2.31. The summed E-state index contributed by atoms with van der Waals surface area (Å²) in [6.45, 7) is 8.68. The Morgan fingerprint density at radius 1 is 0.976 bits per heavy atom. The normalized spacial score (nSPS) is 14.8. The standard InChI is InChI=1S/C35H43BrN2O3/c1-25-13-11-12-16-27(25)23-38(33(39)24-41-32-20-19-28(22-30(32)36)35(2,3)4)31(21-26-14-7-5-8-15-26)34(40)37-29-17-9-6-10-18-29/h5,7-8,11-16,19-20,22,29,31H,6,9-10,17-18,21,23-24H2,1-4H3,(H,37,40)/t31-/m0/s1. The van der Waals surface area contributed by atoms with Crippen LogP contribution in [0.1, 0.15) is 75.1 Å². The molecule has 1 aliphatic carbocycles. The van der Waals surface area contributed by atoms with Crippen LogP contribution in [-0.2, 0) is 28.0 Å². The van der Waals surface area contributed by atoms with E-state index < -0.39 is 6.04 Å². The molecule has 3 aromatic carbocycles. The van der Waals surface area contributed by atoms with E-state index in [0.29, 0.717) is 18.7 Å². The van der Waals surface area contributed by atoms with Gasteiger partial charge >= 0.3 is 0 Å². The maximum atomic E-state index is 14.0. The maximum Gasteiger partial charge on any atom is 0.261 e. The molecule has 0 aliphatic heterocycles. The lowest BCUT2D eigenvalue weighted by Gasteiger charge is -2.33. The van der Waals surface area contributed by atoms with Crippen molar-refractivity contribution in [1.29, 1.82) is 0 Å². The van der Waals surface area contributed by atoms with Crippen molar-refractivity contribution < 1.29 is 14.3 Å². The van der Waals surface area contributed by atoms with Crippen molar-refractivity contribution in [1.82, 2.24) is 10.2 Å². The quantitative estimate of drug-likeness (QED) is 0.255. The van der Waals surface area contributed by atoms with Gasteiger partial charge in [0, 0.05) is 19.0 Å². The van der Waals surface area contributed by atoms with E-state index in [1.54, 1.807) is 4.90 Å². The highest BCUT2D eigenvalue weighted by molar-refractivity contribution is 9.10. The Bertz CT molecular complexity index is 1310. The summed E-state index contributed by atoms with van der Waals surface area (Å²) in [5.74, 6) is 0.284. The Morgan fingerprint density at radius 2 is 1.66 bits per heavy atom. The summed E-state index contributed by atoms with van der Waals surface area (Å²) in [7, 11) is 0. The zero-order valence-electron chi connectivity index (χ0n) is 24.8. The smallest absolute Gasteiger partial charge is 0.261 e. The molecular weight excluding hydrogens is 576 g/mol. The van der Waals surface area contributed by atoms with Gasteiger partial charge in [-0.2, -0.15) is 0 Å². The number of carbonyl (C=O) groups excluding carboxylic acids is 2. The van der Waals surface area contributed by atoms with E-state index in [9.17, 15) is 9.59 Å². The fourth-order valence-electron chi connectivity index (χ4n) is 5.38. The molecule has 1 fully saturated rings. The number of rotatable bonds is 10. The number of benzene rings is 3. The van der Waals surface area contributed by atoms with Gasteiger partial charge in [0.15, 0.2) is 6.61 Å². The SMILES string of the molecule is Cc1ccccc1CN(C(=O)COc1ccc(C(C)(C)C)cc1Br)[C@@H](Cc1ccccc1)C(=O)NC1CCCCC1. The number of aryl methyl sites for hydroxylation is 1. The lowest BCUT2D eigenvalue weighted by Crippen LogP contribution is -2.53. The summed E-state index contributed by atoms with van der Waals surface area (Å²) in [6.07, 6.45) is 5.85. The fourth-order valence-corrected chi connectivity index (χ4v) is 5.87. The van der Waals surface area contributed by atoms with Crippen molar-refractivity contribution in [2.75, 3.05) is 6.61 Å². The Kier molecular flexibility index (Phi) is 10.7. The van der Waals surface area contributed by atoms with Crippen molar-refractivity contribution >= 4 is 27.7 Å². The van der Waals surface area contributed by atoms with Gasteiger partial charge in [0.1, 0.15) is 11.8 Å². The first kappa shape index (κ1) is 30.8. The fraction of sp³-hybridized carbons (Fsp3) is 0.429. The summed E-state index contributed by atoms with van der Waals surface area (Å²) < 4.78 is 6.88. The molecule has 3 aromatic rings. The summed E-state index contributed by atoms with van der Waals surface area (Å²) in [6, 6.07) is 23.4. The third-order valence-corrected chi connectivity index (χ3v) is 8.59. The van der Waals surface area contributed by atoms with E-state index in [4.69, 9.17) is 4.74 Å². The molecule has 0 unspecified atom stereocenters. The molecule has 6 heteroatoms. The van der Waals surface area contributed by atoms with Crippen LogP contribution in [0.5, 0.6) is 5.75 Å². The van der Waals surface area contributed by atoms with Crippen molar-refractivity contribution in [2.24, 2.45) is 0 Å². The Balaban J connectivity index is 1.62. The first-order valence-corrected chi connectivity index (χ1v) is 15.5. The zero-order chi connectivity index (χ0) is 29.4. The predicted molar refractivity (Wildman–Crippen MR) is 169 cm³/mol. The summed E-state index contributed by atoms with van der Waals surface area (Å²) in [4.78, 5) is 29.7. The van der Waals surface area contributed by atoms with Crippen LogP contribution in [0.2, 0.25) is 0 Å². The topological polar surface area (TPSA) is 58.6 Å². The molecule has 0 saturated heterocycles. The van der Waals surface area contributed by atoms with Crippen LogP contribution in [-0.4, -0.2) is 35.4 Å². The number of halogens is 1. The minimum absolute atomic E-state index is 0.00241. The van der Waals surface area contributed by atoms with Gasteiger partial charge in [-0.3, -0.25) is 9.59 Å². The van der Waals surface area contributed by atoms with E-state index in [1.807, 2.05) is 79.7 Å². The van der Waals surface area contributed by atoms with Crippen LogP contribution in [0.25, 0.3) is 0 Å². The van der Waals surface area contributed by atoms with Crippen molar-refractivity contribution in [3.63, 3.8) is 0 Å². The summed E-state index contributed by atoms with van der Waals surface area (Å²) in [5, 5.41) is 3.30. The number of ether oxygens (including phenoxy) is 1. The molecule has 0 aromatic heterocycles. The van der Waals surface area contributed by atoms with Crippen LogP contribution in [0.15, 0.2) is 77.3 Å². The van der Waals surface area contributed by atoms with Crippen LogP contribution in [0, 0.1) is 6.92 Å². The van der Waals surface area contributed by atoms with E-state index >= 15 is 0 Å². The van der Waals surface area contributed by atoms with Crippen LogP contribution in [0.3, 0.4) is 0 Å². The molecule has 0 bridgehead atoms. The minimum Gasteiger partial charge on any atom is -0.483 e. The molecule has 1 N–H and O–H groups in total. The van der Waals surface area contributed by atoms with E-state index in [2.05, 4.69) is 42.0 Å². The van der Waals surface area contributed by atoms with Gasteiger partial charge in [-0.1, -0.05) is 101 Å². The highest BCUT2D eigenvalue weighted by Gasteiger charge is 2.32. The van der Waals surface area contributed by atoms with Gasteiger partial charge in [0.25, 0.3) is 5.91 Å². The number of nitrogens with one attached hydrogen (secondary N) is 1. The van der Waals surface area contributed by atoms with E-state index in [-0.39, 0.29) is 29.9 Å². The van der Waals surface area contributed by atoms with Crippen molar-refractivity contribution in [3.8, 4) is 5.75 Å². The molecule has 1 atom stereocenters. The Hall–Kier alpha value is -3.12. The average molecular weight is 620 g/mol. The van der Waals surface area contributed by atoms with Crippen molar-refractivity contribution in [2.45, 2.75) is 90.3 Å². The molecule has 0 heterocycles. The van der Waals surface area contributed by atoms with Crippen LogP contribution >= 0.6 is 15.9 Å². The molecule has 5 nitrogen and oxygen atoms in total. The molecule has 218 valence electrons.